The number of carbonyl (C=O) groups is 4. The van der Waals surface area contributed by atoms with Crippen LogP contribution in [0.2, 0.25) is 0 Å². The maximum absolute atomic E-state index is 14.2. The molecule has 522 valence electrons. The van der Waals surface area contributed by atoms with Crippen LogP contribution in [0, 0.1) is 23.7 Å². The topological polar surface area (TPSA) is 319 Å². The van der Waals surface area contributed by atoms with Crippen molar-refractivity contribution in [1.82, 2.24) is 4.90 Å². The Labute approximate surface area is 541 Å². The molecule has 3 heterocycles. The normalized spacial score (nSPS) is 32.6. The van der Waals surface area contributed by atoms with Gasteiger partial charge in [-0.1, -0.05) is 130 Å². The van der Waals surface area contributed by atoms with E-state index in [1.807, 2.05) is 32.0 Å². The molecule has 2 aromatic rings. The molecule has 23 nitrogen and oxygen atoms in total. The van der Waals surface area contributed by atoms with Gasteiger partial charge in [0.2, 0.25) is 5.78 Å². The lowest BCUT2D eigenvalue weighted by Crippen LogP contribution is -2.61. The maximum atomic E-state index is 14.2. The van der Waals surface area contributed by atoms with Gasteiger partial charge in [-0.3, -0.25) is 23.7 Å². The molecule has 6 N–H and O–H groups in total. The molecule has 5 rings (SSSR count). The van der Waals surface area contributed by atoms with Crippen molar-refractivity contribution in [2.45, 2.75) is 264 Å². The van der Waals surface area contributed by atoms with Crippen molar-refractivity contribution in [3.05, 3.63) is 53.6 Å². The summed E-state index contributed by atoms with van der Waals surface area (Å²) in [4.78, 5) is 55.2. The van der Waals surface area contributed by atoms with Crippen LogP contribution in [0.4, 0.5) is 0 Å². The fourth-order valence-electron chi connectivity index (χ4n) is 12.3. The molecule has 3 fully saturated rings. The van der Waals surface area contributed by atoms with Crippen LogP contribution in [-0.4, -0.2) is 193 Å². The van der Waals surface area contributed by atoms with E-state index in [0.29, 0.717) is 24.2 Å². The lowest BCUT2D eigenvalue weighted by Gasteiger charge is -2.49. The summed E-state index contributed by atoms with van der Waals surface area (Å²) >= 11 is 0. The molecule has 2 aromatic carbocycles. The number of phenols is 1. The number of ether oxygens (including phenoxy) is 9. The zero-order valence-corrected chi connectivity index (χ0v) is 57.9. The lowest BCUT2D eigenvalue weighted by molar-refractivity contribution is -0.319. The molecule has 0 spiro atoms. The van der Waals surface area contributed by atoms with E-state index in [2.05, 4.69) is 11.1 Å². The van der Waals surface area contributed by atoms with Crippen molar-refractivity contribution in [3.8, 4) is 17.2 Å². The highest BCUT2D eigenvalue weighted by molar-refractivity contribution is 7.80. The number of aliphatic hydroxyl groups excluding tert-OH is 2. The predicted octanol–water partition coefficient (Wildman–Crippen LogP) is 9.11. The first-order valence-electron chi connectivity index (χ1n) is 32.3. The first-order chi connectivity index (χ1) is 42.6. The number of nitrogens with zero attached hydrogens (tertiary/aromatic N) is 1. The fraction of sp³-hybridized carbons (Fsp3) is 0.761. The van der Waals surface area contributed by atoms with Gasteiger partial charge in [0.1, 0.15) is 46.4 Å². The summed E-state index contributed by atoms with van der Waals surface area (Å²) in [6.45, 7) is 20.3. The number of methoxy groups -OCH3 is 3. The Morgan fingerprint density at radius 3 is 1.88 bits per heavy atom. The number of rotatable bonds is 25. The minimum atomic E-state index is -4.23. The van der Waals surface area contributed by atoms with E-state index in [-0.39, 0.29) is 67.3 Å². The Morgan fingerprint density at radius 1 is 0.758 bits per heavy atom. The van der Waals surface area contributed by atoms with Gasteiger partial charge in [0.25, 0.3) is 0 Å². The minimum absolute atomic E-state index is 0.0760. The van der Waals surface area contributed by atoms with Gasteiger partial charge < -0.3 is 73.1 Å². The van der Waals surface area contributed by atoms with Crippen LogP contribution >= 0.6 is 0 Å². The first kappa shape index (κ1) is 80.8. The molecule has 3 aliphatic heterocycles. The number of phenolic OH excluding ortho intramolecular Hbond substituents is 1. The lowest BCUT2D eigenvalue weighted by atomic mass is 9.74. The highest BCUT2D eigenvalue weighted by atomic mass is 32.3. The highest BCUT2D eigenvalue weighted by Crippen LogP contribution is 2.42. The Morgan fingerprint density at radius 2 is 1.35 bits per heavy atom. The second kappa shape index (κ2) is 37.6. The number of ketones is 2. The Hall–Kier alpha value is -4.41. The van der Waals surface area contributed by atoms with Crippen molar-refractivity contribution < 1.29 is 104 Å². The fourth-order valence-corrected chi connectivity index (χ4v) is 12.7. The van der Waals surface area contributed by atoms with E-state index < -0.39 is 124 Å². The second-order valence-electron chi connectivity index (χ2n) is 25.6. The number of Topliss-reactive ketones (excluding diaryl/α,β-unsaturated/α-hetero) is 1. The van der Waals surface area contributed by atoms with Crippen LogP contribution < -0.4 is 9.47 Å². The van der Waals surface area contributed by atoms with Crippen molar-refractivity contribution in [1.29, 1.82) is 0 Å². The molecule has 0 radical (unpaired) electrons. The number of unbranched alkanes of at least 4 members (excludes halogenated alkanes) is 9. The van der Waals surface area contributed by atoms with Gasteiger partial charge in [-0.25, -0.2) is 4.18 Å². The maximum Gasteiger partial charge on any atom is 0.397 e. The molecule has 3 aliphatic rings. The van der Waals surface area contributed by atoms with Gasteiger partial charge in [0.05, 0.1) is 74.5 Å². The van der Waals surface area contributed by atoms with Crippen molar-refractivity contribution in [2.75, 3.05) is 42.0 Å². The third-order valence-electron chi connectivity index (χ3n) is 17.9. The van der Waals surface area contributed by atoms with E-state index >= 15 is 0 Å². The van der Waals surface area contributed by atoms with Gasteiger partial charge in [0.15, 0.2) is 18.7 Å². The third-order valence-corrected chi connectivity index (χ3v) is 18.3. The number of hydrogen-bond acceptors (Lipinski definition) is 22. The van der Waals surface area contributed by atoms with Crippen LogP contribution in [0.25, 0.3) is 0 Å². The SMILES string of the molecule is CCC(=O)OC1C(OC2C(C)C(OC3CC(C)(OC)C(O)C(C)O3)C(C)C(=O)OC(CC)C(C)(O)C(O)C(C)C(=O)C(C)CC2(C)O)OC(C)CC1N(C)C.CCCCCCCCCCCCOS(=O)(=O)O.COc1cc(O)c(C(=O)c2ccccc2)c(OC)c1. The monoisotopic (exact) mass is 1310 g/mol. The molecular weight excluding hydrogens is 1200 g/mol. The number of aliphatic hydroxyl groups is 4. The molecule has 3 saturated heterocycles. The highest BCUT2D eigenvalue weighted by Gasteiger charge is 2.54. The van der Waals surface area contributed by atoms with E-state index in [0.717, 1.165) is 12.8 Å². The summed E-state index contributed by atoms with van der Waals surface area (Å²) < 4.78 is 86.8. The average molecular weight is 1310 g/mol. The van der Waals surface area contributed by atoms with Crippen LogP contribution in [0.3, 0.4) is 0 Å². The number of benzene rings is 2. The molecule has 18 unspecified atom stereocenters. The standard InChI is InChI=1S/C40H71NO14.C15H14O4.C12H26O4S/c1-15-27-40(11,48)33(44)22(5)30(43)20(3)18-38(9,47)35(55-37-32(53-28(42)16-2)26(41(12)13)17-21(4)50-37)23(6)31(24(7)36(46)52-27)54-29-19-39(10,49-14)34(45)25(8)51-29;1-18-11-8-12(16)14(13(9-11)19-2)15(17)10-6-4-3-5-7-10;1-2-3-4-5-6-7-8-9-10-11-12-16-17(13,14)15/h20-27,29,31-35,37,44-45,47-48H,15-19H2,1-14H3;3-9,16H,1-2H3;2-12H2,1H3,(H,13,14,15). The number of hydrogen-bond donors (Lipinski definition) is 6. The predicted molar refractivity (Wildman–Crippen MR) is 341 cm³/mol. The smallest absolute Gasteiger partial charge is 0.397 e. The van der Waals surface area contributed by atoms with E-state index in [1.165, 1.54) is 93.1 Å². The summed E-state index contributed by atoms with van der Waals surface area (Å²) in [5, 5.41) is 56.5. The summed E-state index contributed by atoms with van der Waals surface area (Å²) in [5.74, 6) is -5.33. The van der Waals surface area contributed by atoms with Crippen molar-refractivity contribution >= 4 is 33.9 Å². The molecule has 24 heteroatoms. The molecule has 0 saturated carbocycles. The van der Waals surface area contributed by atoms with Gasteiger partial charge >= 0.3 is 22.3 Å². The molecule has 0 amide bonds. The van der Waals surface area contributed by atoms with Gasteiger partial charge in [0, 0.05) is 55.4 Å². The first-order valence-corrected chi connectivity index (χ1v) is 33.7. The van der Waals surface area contributed by atoms with Crippen LogP contribution in [-0.2, 0) is 62.1 Å². The Bertz CT molecular complexity index is 2640. The van der Waals surface area contributed by atoms with Gasteiger partial charge in [-0.2, -0.15) is 8.42 Å². The molecule has 0 bridgehead atoms. The molecular formula is C67H111NO22S. The third kappa shape index (κ3) is 23.8. The number of carbonyl (C=O) groups excluding carboxylic acids is 4. The zero-order valence-electron chi connectivity index (χ0n) is 57.1. The quantitative estimate of drug-likeness (QED) is 0.0233. The molecule has 91 heavy (non-hydrogen) atoms. The summed E-state index contributed by atoms with van der Waals surface area (Å²) in [5.41, 5.74) is -4.30. The van der Waals surface area contributed by atoms with Crippen LogP contribution in [0.15, 0.2) is 42.5 Å². The van der Waals surface area contributed by atoms with Crippen molar-refractivity contribution in [2.24, 2.45) is 23.7 Å². The number of esters is 2. The number of cyclic esters (lactones) is 1. The Balaban J connectivity index is 0.000000483. The number of likely N-dealkylation sites (N-methyl/N-ethyl adjacent to an activating group) is 1. The molecule has 0 aliphatic carbocycles. The average Bonchev–Trinajstić information content (AvgIpc) is 0.823. The van der Waals surface area contributed by atoms with E-state index in [9.17, 15) is 53.1 Å². The number of aromatic hydroxyl groups is 1. The zero-order chi connectivity index (χ0) is 68.8. The van der Waals surface area contributed by atoms with Gasteiger partial charge in [-0.05, 0) is 81.3 Å². The Kier molecular flexibility index (Phi) is 33.4. The summed E-state index contributed by atoms with van der Waals surface area (Å²) in [7, 11) is 3.89. The molecule has 0 aromatic heterocycles. The second-order valence-corrected chi connectivity index (χ2v) is 26.7. The molecule has 18 atom stereocenters. The van der Waals surface area contributed by atoms with Gasteiger partial charge in [-0.15, -0.1) is 0 Å². The van der Waals surface area contributed by atoms with Crippen molar-refractivity contribution in [3.63, 3.8) is 0 Å². The van der Waals surface area contributed by atoms with Crippen LogP contribution in [0.5, 0.6) is 17.2 Å². The largest absolute Gasteiger partial charge is 0.507 e. The van der Waals surface area contributed by atoms with E-state index in [4.69, 9.17) is 47.2 Å². The summed E-state index contributed by atoms with van der Waals surface area (Å²) in [6, 6.07) is 11.4. The summed E-state index contributed by atoms with van der Waals surface area (Å²) in [6.07, 6.45) is 2.17. The van der Waals surface area contributed by atoms with Crippen LogP contribution in [0.1, 0.15) is 195 Å². The minimum Gasteiger partial charge on any atom is -0.507 e. The van der Waals surface area contributed by atoms with E-state index in [1.54, 1.807) is 78.8 Å².